The van der Waals surface area contributed by atoms with Crippen molar-refractivity contribution < 1.29 is 31.0 Å². The maximum absolute atomic E-state index is 11.0. The predicted molar refractivity (Wildman–Crippen MR) is 261 cm³/mol. The fraction of sp³-hybridized carbons (Fsp3) is 0.153. The van der Waals surface area contributed by atoms with Crippen molar-refractivity contribution in [3.63, 3.8) is 0 Å². The fourth-order valence-electron chi connectivity index (χ4n) is 7.35. The SMILES string of the molecule is CC(C)C(=O)/C=C(\O)C(C)C.CC(C)c1c[c-]c(-c2ccc(-c3cc(-c4ccccc4)cc(-c4ccccc4)c3)cn2)cc1-c1cc(-c2ccccc2)cc(-c2ccccc2)c1.[Pt]. The molecule has 0 aliphatic carbocycles. The number of aromatic nitrogens is 1. The quantitative estimate of drug-likeness (QED) is 0.0798. The minimum Gasteiger partial charge on any atom is -0.512 e. The molecule has 0 atom stereocenters. The van der Waals surface area contributed by atoms with E-state index in [2.05, 4.69) is 202 Å². The Morgan fingerprint density at radius 1 is 0.492 bits per heavy atom. The molecule has 7 aromatic carbocycles. The zero-order valence-electron chi connectivity index (χ0n) is 36.8. The smallest absolute Gasteiger partial charge is 0.161 e. The summed E-state index contributed by atoms with van der Waals surface area (Å²) in [4.78, 5) is 16.1. The van der Waals surface area contributed by atoms with Gasteiger partial charge >= 0.3 is 0 Å². The van der Waals surface area contributed by atoms with Gasteiger partial charge in [0.15, 0.2) is 5.78 Å². The Labute approximate surface area is 388 Å². The van der Waals surface area contributed by atoms with Crippen LogP contribution in [-0.4, -0.2) is 15.9 Å². The normalized spacial score (nSPS) is 11.2. The van der Waals surface area contributed by atoms with E-state index in [1.165, 1.54) is 67.3 Å². The summed E-state index contributed by atoms with van der Waals surface area (Å²) in [5, 5.41) is 9.19. The molecule has 0 fully saturated rings. The summed E-state index contributed by atoms with van der Waals surface area (Å²) in [5.74, 6) is 0.491. The molecule has 0 radical (unpaired) electrons. The first-order chi connectivity index (χ1) is 30.0. The molecule has 1 N–H and O–H groups in total. The van der Waals surface area contributed by atoms with Crippen molar-refractivity contribution in [1.82, 2.24) is 4.98 Å². The van der Waals surface area contributed by atoms with Gasteiger partial charge in [-0.25, -0.2) is 0 Å². The molecule has 3 nitrogen and oxygen atoms in total. The van der Waals surface area contributed by atoms with Crippen molar-refractivity contribution >= 4 is 5.78 Å². The van der Waals surface area contributed by atoms with Gasteiger partial charge in [0, 0.05) is 45.2 Å². The second-order valence-corrected chi connectivity index (χ2v) is 16.6. The van der Waals surface area contributed by atoms with E-state index >= 15 is 0 Å². The van der Waals surface area contributed by atoms with Crippen molar-refractivity contribution in [3.05, 3.63) is 212 Å². The van der Waals surface area contributed by atoms with E-state index in [1.807, 2.05) is 33.9 Å². The molecule has 0 aliphatic heterocycles. The average molecular weight is 1000 g/mol. The van der Waals surface area contributed by atoms with Gasteiger partial charge in [0.05, 0.1) is 5.76 Å². The van der Waals surface area contributed by atoms with Crippen LogP contribution in [0.4, 0.5) is 0 Å². The van der Waals surface area contributed by atoms with E-state index in [0.29, 0.717) is 5.92 Å². The van der Waals surface area contributed by atoms with Crippen LogP contribution in [0.5, 0.6) is 0 Å². The Morgan fingerprint density at radius 2 is 0.889 bits per heavy atom. The van der Waals surface area contributed by atoms with Crippen LogP contribution in [0.25, 0.3) is 78.0 Å². The Kier molecular flexibility index (Phi) is 15.8. The van der Waals surface area contributed by atoms with E-state index in [4.69, 9.17) is 4.98 Å². The van der Waals surface area contributed by atoms with E-state index in [0.717, 1.165) is 22.4 Å². The van der Waals surface area contributed by atoms with Crippen LogP contribution in [0.15, 0.2) is 200 Å². The molecule has 0 saturated heterocycles. The average Bonchev–Trinajstić information content (AvgIpc) is 3.32. The third kappa shape index (κ3) is 11.7. The van der Waals surface area contributed by atoms with E-state index < -0.39 is 0 Å². The van der Waals surface area contributed by atoms with Crippen LogP contribution in [-0.2, 0) is 25.9 Å². The summed E-state index contributed by atoms with van der Waals surface area (Å²) in [5.41, 5.74) is 17.3. The maximum atomic E-state index is 11.0. The number of carbonyl (C=O) groups excluding carboxylic acids is 1. The van der Waals surface area contributed by atoms with Crippen molar-refractivity contribution in [3.8, 4) is 78.0 Å². The molecular weight excluding hydrogens is 950 g/mol. The van der Waals surface area contributed by atoms with Crippen molar-refractivity contribution in [2.45, 2.75) is 47.5 Å². The second kappa shape index (κ2) is 21.6. The van der Waals surface area contributed by atoms with Gasteiger partial charge in [-0.1, -0.05) is 186 Å². The van der Waals surface area contributed by atoms with Gasteiger partial charge in [-0.2, -0.15) is 0 Å². The molecule has 0 unspecified atom stereocenters. The van der Waals surface area contributed by atoms with Crippen LogP contribution in [0, 0.1) is 17.9 Å². The number of carbonyl (C=O) groups is 1. The van der Waals surface area contributed by atoms with Crippen molar-refractivity contribution in [1.29, 1.82) is 0 Å². The topological polar surface area (TPSA) is 50.2 Å². The molecule has 63 heavy (non-hydrogen) atoms. The standard InChI is InChI=1S/C50H38N.C9H16O2.Pt/c1-35(2)48-25-23-40(33-49(48)47-31-44(38-19-11-5-12-20-38)28-45(32-47)39-21-13-6-14-22-39)50-26-24-41(34-51-50)46-29-42(36-15-7-3-8-16-36)27-43(30-46)37-17-9-4-10-18-37;1-6(2)8(10)5-9(11)7(3)4;/h3-22,24-35H,1-2H3;5-7,10H,1-4H3;/q-1;;/b;8-5-;. The molecular formula is C59H54NO2Pt-. The zero-order chi connectivity index (χ0) is 43.6. The molecule has 318 valence electrons. The van der Waals surface area contributed by atoms with Crippen LogP contribution >= 0.6 is 0 Å². The predicted octanol–water partition coefficient (Wildman–Crippen LogP) is 16.0. The molecule has 1 heterocycles. The fourth-order valence-corrected chi connectivity index (χ4v) is 7.35. The van der Waals surface area contributed by atoms with E-state index in [-0.39, 0.29) is 44.4 Å². The number of nitrogens with zero attached hydrogens (tertiary/aromatic N) is 1. The second-order valence-electron chi connectivity index (χ2n) is 16.6. The molecule has 4 heteroatoms. The number of rotatable bonds is 11. The maximum Gasteiger partial charge on any atom is 0.161 e. The number of ketones is 1. The van der Waals surface area contributed by atoms with Gasteiger partial charge in [-0.3, -0.25) is 4.79 Å². The number of benzene rings is 7. The number of hydrogen-bond donors (Lipinski definition) is 1. The van der Waals surface area contributed by atoms with Crippen LogP contribution in [0.1, 0.15) is 53.0 Å². The first kappa shape index (κ1) is 46.1. The molecule has 1 aromatic heterocycles. The summed E-state index contributed by atoms with van der Waals surface area (Å²) in [6.07, 6.45) is 3.32. The summed E-state index contributed by atoms with van der Waals surface area (Å²) < 4.78 is 0. The number of aliphatic hydroxyl groups excluding tert-OH is 1. The Balaban J connectivity index is 0.000000488. The van der Waals surface area contributed by atoms with Gasteiger partial charge in [0.2, 0.25) is 0 Å². The molecule has 0 saturated carbocycles. The number of aliphatic hydroxyl groups is 1. The largest absolute Gasteiger partial charge is 0.512 e. The molecule has 0 spiro atoms. The Hall–Kier alpha value is -6.41. The van der Waals surface area contributed by atoms with Crippen molar-refractivity contribution in [2.75, 3.05) is 0 Å². The number of pyridine rings is 1. The monoisotopic (exact) mass is 1000 g/mol. The van der Waals surface area contributed by atoms with Crippen molar-refractivity contribution in [2.24, 2.45) is 11.8 Å². The van der Waals surface area contributed by atoms with Gasteiger partial charge in [0.1, 0.15) is 0 Å². The summed E-state index contributed by atoms with van der Waals surface area (Å²) in [6.45, 7) is 11.8. The van der Waals surface area contributed by atoms with Crippen LogP contribution in [0.3, 0.4) is 0 Å². The third-order valence-electron chi connectivity index (χ3n) is 11.0. The first-order valence-corrected chi connectivity index (χ1v) is 21.5. The molecule has 0 amide bonds. The molecule has 0 bridgehead atoms. The van der Waals surface area contributed by atoms with E-state index in [9.17, 15) is 9.90 Å². The summed E-state index contributed by atoms with van der Waals surface area (Å²) in [7, 11) is 0. The van der Waals surface area contributed by atoms with Crippen LogP contribution < -0.4 is 0 Å². The molecule has 8 aromatic rings. The summed E-state index contributed by atoms with van der Waals surface area (Å²) in [6, 6.07) is 68.6. The zero-order valence-corrected chi connectivity index (χ0v) is 39.1. The first-order valence-electron chi connectivity index (χ1n) is 21.5. The minimum atomic E-state index is -0.0316. The van der Waals surface area contributed by atoms with Gasteiger partial charge in [-0.05, 0) is 103 Å². The van der Waals surface area contributed by atoms with Gasteiger partial charge < -0.3 is 10.1 Å². The Morgan fingerprint density at radius 3 is 1.24 bits per heavy atom. The van der Waals surface area contributed by atoms with E-state index in [1.54, 1.807) is 0 Å². The third-order valence-corrected chi connectivity index (χ3v) is 11.0. The number of allylic oxidation sites excluding steroid dienone is 2. The van der Waals surface area contributed by atoms with Gasteiger partial charge in [-0.15, -0.1) is 29.3 Å². The molecule has 8 rings (SSSR count). The Bertz CT molecular complexity index is 2640. The minimum absolute atomic E-state index is 0. The van der Waals surface area contributed by atoms with Crippen LogP contribution in [0.2, 0.25) is 0 Å². The van der Waals surface area contributed by atoms with Gasteiger partial charge in [0.25, 0.3) is 0 Å². The molecule has 0 aliphatic rings. The summed E-state index contributed by atoms with van der Waals surface area (Å²) >= 11 is 0. The number of hydrogen-bond acceptors (Lipinski definition) is 3.